The van der Waals surface area contributed by atoms with Crippen LogP contribution in [0.3, 0.4) is 0 Å². The van der Waals surface area contributed by atoms with Gasteiger partial charge in [-0.1, -0.05) is 26.0 Å². The van der Waals surface area contributed by atoms with E-state index in [0.29, 0.717) is 30.4 Å². The van der Waals surface area contributed by atoms with Crippen molar-refractivity contribution in [1.29, 1.82) is 0 Å². The van der Waals surface area contributed by atoms with Crippen molar-refractivity contribution in [2.75, 3.05) is 18.5 Å². The Morgan fingerprint density at radius 1 is 1.30 bits per heavy atom. The highest BCUT2D eigenvalue weighted by molar-refractivity contribution is 6.28. The van der Waals surface area contributed by atoms with E-state index >= 15 is 0 Å². The third-order valence-corrected chi connectivity index (χ3v) is 3.63. The largest absolute Gasteiger partial charge is 0.463 e. The number of aromatic nitrogens is 3. The first-order chi connectivity index (χ1) is 9.69. The van der Waals surface area contributed by atoms with E-state index in [1.54, 1.807) is 0 Å². The quantitative estimate of drug-likeness (QED) is 0.816. The molecule has 0 bridgehead atoms. The van der Waals surface area contributed by atoms with Crippen molar-refractivity contribution in [3.63, 3.8) is 0 Å². The molecule has 0 aromatic carbocycles. The summed E-state index contributed by atoms with van der Waals surface area (Å²) in [5, 5.41) is 3.24. The van der Waals surface area contributed by atoms with Gasteiger partial charge in [-0.25, -0.2) is 0 Å². The van der Waals surface area contributed by atoms with Gasteiger partial charge in [-0.3, -0.25) is 0 Å². The molecule has 1 aliphatic carbocycles. The normalized spacial score (nSPS) is 21.8. The van der Waals surface area contributed by atoms with Crippen LogP contribution in [0.1, 0.15) is 33.1 Å². The second-order valence-corrected chi connectivity index (χ2v) is 5.47. The van der Waals surface area contributed by atoms with Crippen LogP contribution < -0.4 is 10.1 Å². The number of halogens is 1. The number of hydrogen-bond acceptors (Lipinski definition) is 5. The van der Waals surface area contributed by atoms with E-state index < -0.39 is 0 Å². The van der Waals surface area contributed by atoms with Gasteiger partial charge in [0.25, 0.3) is 0 Å². The van der Waals surface area contributed by atoms with Gasteiger partial charge in [0.05, 0.1) is 6.61 Å². The molecule has 2 unspecified atom stereocenters. The molecule has 20 heavy (non-hydrogen) atoms. The number of hydrogen-bond donors (Lipinski definition) is 1. The third-order valence-electron chi connectivity index (χ3n) is 3.47. The van der Waals surface area contributed by atoms with E-state index in [4.69, 9.17) is 16.3 Å². The predicted octanol–water partition coefficient (Wildman–Crippen LogP) is 3.33. The Balaban J connectivity index is 1.94. The van der Waals surface area contributed by atoms with E-state index in [9.17, 15) is 0 Å². The summed E-state index contributed by atoms with van der Waals surface area (Å²) in [5.74, 6) is 1.59. The van der Waals surface area contributed by atoms with Crippen molar-refractivity contribution < 1.29 is 4.74 Å². The van der Waals surface area contributed by atoms with E-state index in [2.05, 4.69) is 46.3 Å². The van der Waals surface area contributed by atoms with Crippen molar-refractivity contribution in [2.45, 2.75) is 33.1 Å². The lowest BCUT2D eigenvalue weighted by Gasteiger charge is -2.24. The van der Waals surface area contributed by atoms with Gasteiger partial charge in [0, 0.05) is 6.54 Å². The molecular weight excluding hydrogens is 276 g/mol. The molecule has 0 saturated heterocycles. The molecule has 0 fully saturated rings. The molecule has 0 aliphatic heterocycles. The van der Waals surface area contributed by atoms with E-state index in [0.717, 1.165) is 25.8 Å². The molecule has 0 amide bonds. The lowest BCUT2D eigenvalue weighted by Crippen LogP contribution is -2.22. The SMILES string of the molecule is CCCNc1nc(Cl)nc(OCC2CC=CCC2C)n1. The van der Waals surface area contributed by atoms with E-state index in [-0.39, 0.29) is 5.28 Å². The van der Waals surface area contributed by atoms with Gasteiger partial charge < -0.3 is 10.1 Å². The maximum atomic E-state index is 5.89. The molecule has 110 valence electrons. The fourth-order valence-corrected chi connectivity index (χ4v) is 2.29. The Labute approximate surface area is 124 Å². The zero-order valence-electron chi connectivity index (χ0n) is 12.0. The highest BCUT2D eigenvalue weighted by Crippen LogP contribution is 2.25. The van der Waals surface area contributed by atoms with Crippen LogP contribution in [-0.4, -0.2) is 28.1 Å². The minimum absolute atomic E-state index is 0.158. The average Bonchev–Trinajstić information content (AvgIpc) is 2.44. The molecule has 1 heterocycles. The Bertz CT molecular complexity index is 466. The van der Waals surface area contributed by atoms with Gasteiger partial charge >= 0.3 is 6.01 Å². The molecule has 1 aliphatic rings. The summed E-state index contributed by atoms with van der Waals surface area (Å²) in [6.45, 7) is 5.72. The lowest BCUT2D eigenvalue weighted by atomic mass is 9.85. The van der Waals surface area contributed by atoms with Crippen LogP contribution >= 0.6 is 11.6 Å². The van der Waals surface area contributed by atoms with Crippen LogP contribution in [0, 0.1) is 11.8 Å². The molecule has 1 aromatic heterocycles. The maximum Gasteiger partial charge on any atom is 0.322 e. The van der Waals surface area contributed by atoms with Gasteiger partial charge in [-0.2, -0.15) is 15.0 Å². The third kappa shape index (κ3) is 4.34. The van der Waals surface area contributed by atoms with Gasteiger partial charge in [0.1, 0.15) is 0 Å². The Morgan fingerprint density at radius 3 is 2.85 bits per heavy atom. The molecule has 2 atom stereocenters. The predicted molar refractivity (Wildman–Crippen MR) is 80.1 cm³/mol. The van der Waals surface area contributed by atoms with Crippen LogP contribution in [0.15, 0.2) is 12.2 Å². The first-order valence-electron chi connectivity index (χ1n) is 7.12. The Hall–Kier alpha value is -1.36. The summed E-state index contributed by atoms with van der Waals surface area (Å²) in [6.07, 6.45) is 7.58. The van der Waals surface area contributed by atoms with E-state index in [1.165, 1.54) is 0 Å². The standard InChI is InChI=1S/C14H21ClN4O/c1-3-8-16-13-17-12(15)18-14(19-13)20-9-11-7-5-4-6-10(11)2/h4-5,10-11H,3,6-9H2,1-2H3,(H,16,17,18,19). The number of nitrogens with zero attached hydrogens (tertiary/aromatic N) is 3. The second kappa shape index (κ2) is 7.43. The summed E-state index contributed by atoms with van der Waals surface area (Å²) >= 11 is 5.89. The zero-order chi connectivity index (χ0) is 14.4. The van der Waals surface area contributed by atoms with Crippen LogP contribution in [0.2, 0.25) is 5.28 Å². The molecule has 0 saturated carbocycles. The first kappa shape index (κ1) is 15.0. The van der Waals surface area contributed by atoms with Crippen molar-refractivity contribution in [2.24, 2.45) is 11.8 Å². The monoisotopic (exact) mass is 296 g/mol. The van der Waals surface area contributed by atoms with Gasteiger partial charge in [-0.05, 0) is 42.7 Å². The number of ether oxygens (including phenoxy) is 1. The summed E-state index contributed by atoms with van der Waals surface area (Å²) in [5.41, 5.74) is 0. The van der Waals surface area contributed by atoms with Crippen molar-refractivity contribution in [3.8, 4) is 6.01 Å². The van der Waals surface area contributed by atoms with Gasteiger partial charge in [0.15, 0.2) is 0 Å². The minimum atomic E-state index is 0.158. The van der Waals surface area contributed by atoms with Crippen LogP contribution in [0.25, 0.3) is 0 Å². The molecule has 5 nitrogen and oxygen atoms in total. The summed E-state index contributed by atoms with van der Waals surface area (Å²) in [7, 11) is 0. The number of allylic oxidation sites excluding steroid dienone is 2. The second-order valence-electron chi connectivity index (χ2n) is 5.13. The van der Waals surface area contributed by atoms with Gasteiger partial charge in [0.2, 0.25) is 11.2 Å². The fourth-order valence-electron chi connectivity index (χ4n) is 2.13. The molecular formula is C14H21ClN4O. The smallest absolute Gasteiger partial charge is 0.322 e. The highest BCUT2D eigenvalue weighted by Gasteiger charge is 2.19. The van der Waals surface area contributed by atoms with Crippen molar-refractivity contribution in [1.82, 2.24) is 15.0 Å². The molecule has 0 spiro atoms. The molecule has 0 radical (unpaired) electrons. The van der Waals surface area contributed by atoms with Crippen LogP contribution in [-0.2, 0) is 0 Å². The number of rotatable bonds is 6. The summed E-state index contributed by atoms with van der Waals surface area (Å²) < 4.78 is 5.70. The van der Waals surface area contributed by atoms with Crippen molar-refractivity contribution >= 4 is 17.5 Å². The van der Waals surface area contributed by atoms with Gasteiger partial charge in [-0.15, -0.1) is 0 Å². The fraction of sp³-hybridized carbons (Fsp3) is 0.643. The summed E-state index contributed by atoms with van der Waals surface area (Å²) in [4.78, 5) is 12.3. The number of anilines is 1. The summed E-state index contributed by atoms with van der Waals surface area (Å²) in [6, 6.07) is 0.297. The molecule has 1 N–H and O–H groups in total. The number of nitrogens with one attached hydrogen (secondary N) is 1. The molecule has 1 aromatic rings. The minimum Gasteiger partial charge on any atom is -0.463 e. The average molecular weight is 297 g/mol. The lowest BCUT2D eigenvalue weighted by molar-refractivity contribution is 0.186. The maximum absolute atomic E-state index is 5.89. The van der Waals surface area contributed by atoms with Crippen molar-refractivity contribution in [3.05, 3.63) is 17.4 Å². The van der Waals surface area contributed by atoms with E-state index in [1.807, 2.05) is 0 Å². The van der Waals surface area contributed by atoms with Crippen LogP contribution in [0.4, 0.5) is 5.95 Å². The van der Waals surface area contributed by atoms with Crippen LogP contribution in [0.5, 0.6) is 6.01 Å². The zero-order valence-corrected chi connectivity index (χ0v) is 12.7. The molecule has 2 rings (SSSR count). The first-order valence-corrected chi connectivity index (χ1v) is 7.50. The highest BCUT2D eigenvalue weighted by atomic mass is 35.5. The Morgan fingerprint density at radius 2 is 2.10 bits per heavy atom. The molecule has 6 heteroatoms. The Kier molecular flexibility index (Phi) is 5.59. The topological polar surface area (TPSA) is 59.9 Å².